The minimum Gasteiger partial charge on any atom is -0.657 e. The molecule has 15 heteroatoms. The van der Waals surface area contributed by atoms with Crippen LogP contribution in [0.5, 0.6) is 23.0 Å². The van der Waals surface area contributed by atoms with Gasteiger partial charge in [-0.2, -0.15) is 0 Å². The van der Waals surface area contributed by atoms with E-state index in [1.54, 1.807) is 50.6 Å². The number of nitrogens with two attached hydrogens (primary N) is 2. The Balaban J connectivity index is 0.00000675. The molecule has 390 valence electrons. The first kappa shape index (κ1) is 52.3. The van der Waals surface area contributed by atoms with E-state index in [-0.39, 0.29) is 31.3 Å². The Bertz CT molecular complexity index is 3880. The molecule has 9 aromatic rings. The van der Waals surface area contributed by atoms with Gasteiger partial charge in [0.1, 0.15) is 23.0 Å². The zero-order chi connectivity index (χ0) is 54.0. The predicted octanol–water partition coefficient (Wildman–Crippen LogP) is 13.2. The van der Waals surface area contributed by atoms with Crippen LogP contribution in [-0.2, 0) is 19.5 Å². The van der Waals surface area contributed by atoms with Gasteiger partial charge in [-0.25, -0.2) is 9.97 Å². The number of methoxy groups -OCH3 is 2. The molecule has 4 aliphatic heterocycles. The summed E-state index contributed by atoms with van der Waals surface area (Å²) >= 11 is 0. The summed E-state index contributed by atoms with van der Waals surface area (Å²) in [6.07, 6.45) is 10.0. The van der Waals surface area contributed by atoms with Gasteiger partial charge < -0.3 is 51.0 Å². The molecule has 0 saturated carbocycles. The Morgan fingerprint density at radius 3 is 1.18 bits per heavy atom. The molecule has 80 heavy (non-hydrogen) atoms. The van der Waals surface area contributed by atoms with Crippen LogP contribution in [0.3, 0.4) is 0 Å². The van der Waals surface area contributed by atoms with Gasteiger partial charge in [-0.05, 0) is 114 Å². The minimum atomic E-state index is -0.382. The van der Waals surface area contributed by atoms with E-state index in [0.717, 1.165) is 17.5 Å². The molecular formula is C65H52N8O6Zn. The molecule has 7 heterocycles. The van der Waals surface area contributed by atoms with Crippen LogP contribution >= 0.6 is 0 Å². The largest absolute Gasteiger partial charge is 2.00 e. The number of ether oxygens (including phenoxy) is 4. The van der Waals surface area contributed by atoms with Gasteiger partial charge >= 0.3 is 19.5 Å². The molecule has 6 aromatic carbocycles. The number of fused-ring (bicyclic) bond motifs is 8. The first-order chi connectivity index (χ1) is 38.7. The molecule has 0 radical (unpaired) electrons. The molecule has 3 aromatic heterocycles. The number of hydrogen-bond acceptors (Lipinski definition) is 10. The molecule has 6 N–H and O–H groups in total. The quantitative estimate of drug-likeness (QED) is 0.0961. The molecule has 2 amide bonds. The summed E-state index contributed by atoms with van der Waals surface area (Å²) in [5.74, 6) is 1.13. The number of rotatable bonds is 4. The SMILES string of the molecule is COc1cc2cc(c1)C(=O)Nc1ccccc1-c1c3nc(c(-c4ccccc4N)c4ccc([n-]4)c(c4nc(c(-c5ccccc5N)c5ccc1[n-]5)C=C4)-c1ccccc1NC(=O)c1cc(OC)cc(c1)OCCCCCO2)C=C3.[Zn+2]. The summed E-state index contributed by atoms with van der Waals surface area (Å²) in [7, 11) is 3.10. The van der Waals surface area contributed by atoms with Gasteiger partial charge in [0.25, 0.3) is 11.8 Å². The molecule has 0 unspecified atom stereocenters. The average molecular weight is 1110 g/mol. The van der Waals surface area contributed by atoms with Gasteiger partial charge in [-0.1, -0.05) is 97.1 Å². The maximum absolute atomic E-state index is 14.6. The normalized spacial score (nSPS) is 13.2. The second-order valence-electron chi connectivity index (χ2n) is 19.1. The number of hydrogen-bond donors (Lipinski definition) is 4. The van der Waals surface area contributed by atoms with Crippen molar-refractivity contribution in [2.45, 2.75) is 19.3 Å². The van der Waals surface area contributed by atoms with Crippen molar-refractivity contribution < 1.29 is 48.0 Å². The number of benzene rings is 6. The molecule has 0 spiro atoms. The Morgan fingerprint density at radius 1 is 0.450 bits per heavy atom. The summed E-state index contributed by atoms with van der Waals surface area (Å²) in [5, 5.41) is 6.43. The summed E-state index contributed by atoms with van der Waals surface area (Å²) in [6.45, 7) is 0.778. The molecule has 14 nitrogen and oxygen atoms in total. The van der Waals surface area contributed by atoms with Gasteiger partial charge in [0, 0.05) is 68.3 Å². The third kappa shape index (κ3) is 10.4. The Hall–Kier alpha value is -9.72. The van der Waals surface area contributed by atoms with Gasteiger partial charge in [0.15, 0.2) is 0 Å². The van der Waals surface area contributed by atoms with E-state index in [2.05, 4.69) is 10.6 Å². The molecule has 0 saturated heterocycles. The molecule has 0 fully saturated rings. The smallest absolute Gasteiger partial charge is 0.657 e. The van der Waals surface area contributed by atoms with Gasteiger partial charge in [-0.15, -0.1) is 22.1 Å². The van der Waals surface area contributed by atoms with Gasteiger partial charge in [0.05, 0.1) is 50.2 Å². The second kappa shape index (κ2) is 22.7. The van der Waals surface area contributed by atoms with Crippen molar-refractivity contribution in [2.75, 3.05) is 49.5 Å². The van der Waals surface area contributed by atoms with Crippen LogP contribution in [0.1, 0.15) is 62.8 Å². The summed E-state index contributed by atoms with van der Waals surface area (Å²) in [5.41, 5.74) is 26.5. The fourth-order valence-electron chi connectivity index (χ4n) is 10.2. The molecule has 0 atom stereocenters. The van der Waals surface area contributed by atoms with Crippen LogP contribution in [0.2, 0.25) is 0 Å². The molecule has 4 aliphatic rings. The number of anilines is 4. The molecule has 14 bridgehead atoms. The van der Waals surface area contributed by atoms with Crippen molar-refractivity contribution >= 4 is 80.9 Å². The third-order valence-electron chi connectivity index (χ3n) is 14.0. The predicted molar refractivity (Wildman–Crippen MR) is 314 cm³/mol. The number of nitrogen functional groups attached to an aromatic ring is 2. The molecule has 13 rings (SSSR count). The van der Waals surface area contributed by atoms with Crippen LogP contribution in [0, 0.1) is 0 Å². The Kier molecular flexibility index (Phi) is 14.9. The number of nitrogens with one attached hydrogen (secondary N) is 2. The second-order valence-corrected chi connectivity index (χ2v) is 19.1. The van der Waals surface area contributed by atoms with Crippen LogP contribution in [-0.4, -0.2) is 49.2 Å². The number of nitrogens with zero attached hydrogens (tertiary/aromatic N) is 4. The van der Waals surface area contributed by atoms with E-state index in [1.807, 2.05) is 146 Å². The fourth-order valence-corrected chi connectivity index (χ4v) is 10.2. The topological polar surface area (TPSA) is 201 Å². The Morgan fingerprint density at radius 2 is 0.800 bits per heavy atom. The van der Waals surface area contributed by atoms with Crippen molar-refractivity contribution in [3.8, 4) is 67.5 Å². The summed E-state index contributed by atoms with van der Waals surface area (Å²) in [6, 6.07) is 48.5. The van der Waals surface area contributed by atoms with E-state index >= 15 is 0 Å². The van der Waals surface area contributed by atoms with Crippen molar-refractivity contribution in [1.29, 1.82) is 0 Å². The zero-order valence-electron chi connectivity index (χ0n) is 44.0. The van der Waals surface area contributed by atoms with Crippen LogP contribution in [0.25, 0.3) is 90.9 Å². The molecule has 0 aliphatic carbocycles. The van der Waals surface area contributed by atoms with E-state index in [0.29, 0.717) is 161 Å². The first-order valence-electron chi connectivity index (χ1n) is 25.9. The van der Waals surface area contributed by atoms with Crippen LogP contribution in [0.15, 0.2) is 158 Å². The minimum absolute atomic E-state index is 0. The average Bonchev–Trinajstić information content (AvgIpc) is 4.43. The van der Waals surface area contributed by atoms with Gasteiger partial charge in [-0.3, -0.25) is 9.59 Å². The molecular weight excluding hydrogens is 1050 g/mol. The maximum atomic E-state index is 14.6. The first-order valence-corrected chi connectivity index (χ1v) is 25.9. The zero-order valence-corrected chi connectivity index (χ0v) is 46.9. The van der Waals surface area contributed by atoms with Crippen molar-refractivity contribution in [3.05, 3.63) is 192 Å². The maximum Gasteiger partial charge on any atom is 2.00 e. The fraction of sp³-hybridized carbons (Fsp3) is 0.108. The van der Waals surface area contributed by atoms with E-state index in [9.17, 15) is 9.59 Å². The standard InChI is InChI=1S/C65H54N8O6.Zn/c1-76-40-32-38-34-42(36-40)78-30-12-3-13-31-79-43-35-39(33-41(37-43)77-2)65(75)73-51-21-11-7-17-47(51)63-58-28-24-54(70-58)60(44-14-4-8-18-48(44)66)52-22-26-56(68-52)62(46-16-6-10-20-50(46)72-64(38)74)57-27-23-53(69-57)61(55-25-29-59(63)71-55)45-15-5-9-19-49(45)67;/h4-11,14-29,32-37H,3,12-13,30-31H2,1-2H3,(H8,66,67,68,69,70,71,72,73,74,75);/q;+2/p-2. The van der Waals surface area contributed by atoms with Gasteiger partial charge in [0.2, 0.25) is 0 Å². The number of carbonyl (C=O) groups excluding carboxylic acids is 2. The van der Waals surface area contributed by atoms with Crippen molar-refractivity contribution in [2.24, 2.45) is 0 Å². The third-order valence-corrected chi connectivity index (χ3v) is 14.0. The number of carbonyl (C=O) groups is 2. The van der Waals surface area contributed by atoms with E-state index in [1.165, 1.54) is 0 Å². The van der Waals surface area contributed by atoms with Crippen LogP contribution in [0.4, 0.5) is 22.7 Å². The van der Waals surface area contributed by atoms with E-state index < -0.39 is 0 Å². The Labute approximate surface area is 474 Å². The van der Waals surface area contributed by atoms with Crippen molar-refractivity contribution in [1.82, 2.24) is 19.9 Å². The summed E-state index contributed by atoms with van der Waals surface area (Å²) in [4.78, 5) is 50.9. The monoisotopic (exact) mass is 1100 g/mol. The number of amides is 2. The number of para-hydroxylation sites is 4. The summed E-state index contributed by atoms with van der Waals surface area (Å²) < 4.78 is 23.8. The number of aromatic nitrogens is 4. The van der Waals surface area contributed by atoms with E-state index in [4.69, 9.17) is 50.4 Å². The van der Waals surface area contributed by atoms with Crippen LogP contribution < -0.4 is 51.0 Å². The van der Waals surface area contributed by atoms with Crippen molar-refractivity contribution in [3.63, 3.8) is 0 Å².